The van der Waals surface area contributed by atoms with E-state index < -0.39 is 5.97 Å². The second kappa shape index (κ2) is 6.00. The van der Waals surface area contributed by atoms with E-state index in [1.807, 2.05) is 6.92 Å². The van der Waals surface area contributed by atoms with E-state index in [9.17, 15) is 0 Å². The maximum absolute atomic E-state index is 5.27. The first-order valence-electron chi connectivity index (χ1n) is 3.94. The van der Waals surface area contributed by atoms with Gasteiger partial charge in [0, 0.05) is 26.6 Å². The average molecular weight is 226 g/mol. The molecule has 80 valence electrons. The summed E-state index contributed by atoms with van der Waals surface area (Å²) in [5, 5.41) is -0.0427. The van der Waals surface area contributed by atoms with Crippen LogP contribution in [0.25, 0.3) is 0 Å². The Morgan fingerprint density at radius 2 is 1.69 bits per heavy atom. The van der Waals surface area contributed by atoms with Crippen molar-refractivity contribution in [3.63, 3.8) is 0 Å². The van der Waals surface area contributed by atoms with Crippen molar-refractivity contribution >= 4 is 23.1 Å². The summed E-state index contributed by atoms with van der Waals surface area (Å²) in [5.74, 6) is -1.12. The number of thiol groups is 1. The molecule has 0 aliphatic heterocycles. The lowest BCUT2D eigenvalue weighted by Crippen LogP contribution is -2.52. The van der Waals surface area contributed by atoms with Gasteiger partial charge < -0.3 is 18.6 Å². The lowest BCUT2D eigenvalue weighted by atomic mass is 10.2. The Bertz CT molecular complexity index is 132. The molecule has 0 radical (unpaired) electrons. The highest BCUT2D eigenvalue weighted by molar-refractivity contribution is 7.81. The van der Waals surface area contributed by atoms with Gasteiger partial charge in [-0.15, -0.1) is 0 Å². The van der Waals surface area contributed by atoms with Crippen LogP contribution < -0.4 is 0 Å². The van der Waals surface area contributed by atoms with Gasteiger partial charge in [0.2, 0.25) is 0 Å². The largest absolute Gasteiger partial charge is 0.378 e. The van der Waals surface area contributed by atoms with Crippen LogP contribution in [0.4, 0.5) is 0 Å². The van der Waals surface area contributed by atoms with Gasteiger partial charge in [-0.05, 0) is 0 Å². The van der Waals surface area contributed by atoms with Gasteiger partial charge in [-0.1, -0.05) is 6.92 Å². The van der Waals surface area contributed by atoms with E-state index in [1.165, 1.54) is 14.2 Å². The molecule has 0 amide bonds. The van der Waals surface area contributed by atoms with Gasteiger partial charge in [0.15, 0.2) is 10.5 Å². The lowest BCUT2D eigenvalue weighted by molar-refractivity contribution is -0.363. The topological polar surface area (TPSA) is 36.9 Å². The van der Waals surface area contributed by atoms with Crippen LogP contribution >= 0.6 is 12.6 Å². The normalized spacial score (nSPS) is 17.3. The molecular formula is C7H18O4SSi. The van der Waals surface area contributed by atoms with Gasteiger partial charge in [0.25, 0.3) is 0 Å². The Morgan fingerprint density at radius 1 is 1.23 bits per heavy atom. The summed E-state index contributed by atoms with van der Waals surface area (Å²) in [4.78, 5) is 0. The zero-order valence-electron chi connectivity index (χ0n) is 8.73. The smallest absolute Gasteiger partial charge is 0.301 e. The van der Waals surface area contributed by atoms with Gasteiger partial charge in [-0.3, -0.25) is 0 Å². The Kier molecular flexibility index (Phi) is 6.18. The van der Waals surface area contributed by atoms with Crippen molar-refractivity contribution in [3.05, 3.63) is 0 Å². The molecule has 0 saturated heterocycles. The van der Waals surface area contributed by atoms with Crippen LogP contribution in [-0.2, 0) is 18.6 Å². The van der Waals surface area contributed by atoms with E-state index in [4.69, 9.17) is 18.6 Å². The third-order valence-electron chi connectivity index (χ3n) is 1.89. The number of hydrogen-bond donors (Lipinski definition) is 1. The zero-order valence-corrected chi connectivity index (χ0v) is 11.6. The highest BCUT2D eigenvalue weighted by Gasteiger charge is 2.42. The predicted molar refractivity (Wildman–Crippen MR) is 57.0 cm³/mol. The van der Waals surface area contributed by atoms with Crippen molar-refractivity contribution in [2.75, 3.05) is 21.3 Å². The molecule has 0 fully saturated rings. The molecule has 0 aromatic heterocycles. The molecule has 0 N–H and O–H groups in total. The van der Waals surface area contributed by atoms with Crippen LogP contribution in [0.5, 0.6) is 0 Å². The van der Waals surface area contributed by atoms with Crippen molar-refractivity contribution in [2.24, 2.45) is 0 Å². The second-order valence-corrected chi connectivity index (χ2v) is 3.84. The lowest BCUT2D eigenvalue weighted by Gasteiger charge is -2.37. The van der Waals surface area contributed by atoms with E-state index in [2.05, 4.69) is 12.6 Å². The van der Waals surface area contributed by atoms with Gasteiger partial charge >= 0.3 is 5.97 Å². The van der Waals surface area contributed by atoms with Crippen molar-refractivity contribution in [2.45, 2.75) is 24.3 Å². The number of rotatable bonds is 6. The molecule has 0 aromatic carbocycles. The van der Waals surface area contributed by atoms with E-state index >= 15 is 0 Å². The zero-order chi connectivity index (χ0) is 10.5. The Labute approximate surface area is 87.8 Å². The molecular weight excluding hydrogens is 208 g/mol. The molecule has 0 spiro atoms. The predicted octanol–water partition coefficient (Wildman–Crippen LogP) is -0.437. The maximum atomic E-state index is 5.27. The summed E-state index contributed by atoms with van der Waals surface area (Å²) < 4.78 is 20.8. The van der Waals surface area contributed by atoms with E-state index in [-0.39, 0.29) is 11.4 Å². The molecule has 2 unspecified atom stereocenters. The third-order valence-corrected chi connectivity index (χ3v) is 2.73. The SMILES string of the molecule is COC(C(C)S)C(OC)(OC)O[SiH3]. The van der Waals surface area contributed by atoms with E-state index in [0.717, 1.165) is 0 Å². The van der Waals surface area contributed by atoms with Gasteiger partial charge in [-0.25, -0.2) is 0 Å². The maximum Gasteiger partial charge on any atom is 0.301 e. The van der Waals surface area contributed by atoms with Crippen LogP contribution in [0, 0.1) is 0 Å². The molecule has 0 saturated carbocycles. The fraction of sp³-hybridized carbons (Fsp3) is 1.00. The Morgan fingerprint density at radius 3 is 1.77 bits per heavy atom. The number of ether oxygens (including phenoxy) is 3. The van der Waals surface area contributed by atoms with E-state index in [1.54, 1.807) is 7.11 Å². The monoisotopic (exact) mass is 226 g/mol. The van der Waals surface area contributed by atoms with Crippen LogP contribution in [0.1, 0.15) is 6.92 Å². The molecule has 0 aromatic rings. The summed E-state index contributed by atoms with van der Waals surface area (Å²) in [6.07, 6.45) is -0.358. The summed E-state index contributed by atoms with van der Waals surface area (Å²) >= 11 is 4.28. The van der Waals surface area contributed by atoms with Crippen molar-refractivity contribution in [3.8, 4) is 0 Å². The fourth-order valence-electron chi connectivity index (χ4n) is 1.24. The van der Waals surface area contributed by atoms with Crippen molar-refractivity contribution in [1.82, 2.24) is 0 Å². The van der Waals surface area contributed by atoms with Crippen LogP contribution in [-0.4, -0.2) is 49.1 Å². The summed E-state index contributed by atoms with van der Waals surface area (Å²) in [7, 11) is 5.11. The van der Waals surface area contributed by atoms with Crippen LogP contribution in [0.15, 0.2) is 0 Å². The quantitative estimate of drug-likeness (QED) is 0.379. The molecule has 2 atom stereocenters. The standard InChI is InChI=1S/C7H18O4SSi/c1-5(12)6(8-2)7(9-3,10-4)11-13/h5-6,12H,1-4,13H3. The molecule has 6 heteroatoms. The summed E-state index contributed by atoms with van der Waals surface area (Å²) in [5.41, 5.74) is 0. The fourth-order valence-corrected chi connectivity index (χ4v) is 2.11. The first-order valence-corrected chi connectivity index (χ1v) is 5.27. The molecule has 4 nitrogen and oxygen atoms in total. The van der Waals surface area contributed by atoms with E-state index in [0.29, 0.717) is 10.5 Å². The van der Waals surface area contributed by atoms with Crippen molar-refractivity contribution < 1.29 is 18.6 Å². The first-order chi connectivity index (χ1) is 6.07. The minimum atomic E-state index is -1.12. The molecule has 0 heterocycles. The van der Waals surface area contributed by atoms with Crippen LogP contribution in [0.3, 0.4) is 0 Å². The average Bonchev–Trinajstić information content (AvgIpc) is 2.13. The van der Waals surface area contributed by atoms with Gasteiger partial charge in [0.05, 0.1) is 0 Å². The second-order valence-electron chi connectivity index (χ2n) is 2.61. The highest BCUT2D eigenvalue weighted by atomic mass is 32.1. The summed E-state index contributed by atoms with van der Waals surface area (Å²) in [6, 6.07) is 0. The highest BCUT2D eigenvalue weighted by Crippen LogP contribution is 2.24. The summed E-state index contributed by atoms with van der Waals surface area (Å²) in [6.45, 7) is 1.89. The molecule has 13 heavy (non-hydrogen) atoms. The minimum absolute atomic E-state index is 0.0427. The molecule has 0 bridgehead atoms. The first kappa shape index (κ1) is 13.4. The minimum Gasteiger partial charge on any atom is -0.378 e. The Hall–Kier alpha value is 0.407. The van der Waals surface area contributed by atoms with Crippen LogP contribution in [0.2, 0.25) is 0 Å². The van der Waals surface area contributed by atoms with Crippen molar-refractivity contribution in [1.29, 1.82) is 0 Å². The third kappa shape index (κ3) is 2.93. The Balaban J connectivity index is 4.65. The molecule has 0 rings (SSSR count). The molecule has 0 aliphatic carbocycles. The number of methoxy groups -OCH3 is 3. The molecule has 0 aliphatic rings. The van der Waals surface area contributed by atoms with Gasteiger partial charge in [0.1, 0.15) is 6.10 Å². The van der Waals surface area contributed by atoms with Gasteiger partial charge in [-0.2, -0.15) is 12.6 Å². The number of hydrogen-bond acceptors (Lipinski definition) is 5.